The van der Waals surface area contributed by atoms with Crippen LogP contribution < -0.4 is 0 Å². The average molecular weight is 374 g/mol. The van der Waals surface area contributed by atoms with Crippen molar-refractivity contribution in [3.8, 4) is 0 Å². The quantitative estimate of drug-likeness (QED) is 0.636. The fourth-order valence-electron chi connectivity index (χ4n) is 1.60. The molecule has 1 atom stereocenters. The van der Waals surface area contributed by atoms with Crippen molar-refractivity contribution in [2.45, 2.75) is 10.8 Å². The molecule has 21 heavy (non-hydrogen) atoms. The highest BCUT2D eigenvalue weighted by molar-refractivity contribution is 9.10. The Morgan fingerprint density at radius 3 is 2.67 bits per heavy atom. The summed E-state index contributed by atoms with van der Waals surface area (Å²) in [5, 5.41) is 19.7. The highest BCUT2D eigenvalue weighted by Gasteiger charge is 2.19. The van der Waals surface area contributed by atoms with Crippen molar-refractivity contribution in [3.63, 3.8) is 0 Å². The van der Waals surface area contributed by atoms with Gasteiger partial charge in [-0.3, -0.25) is 14.3 Å². The number of nitro benzene ring substituents is 1. The first-order valence-electron chi connectivity index (χ1n) is 5.53. The van der Waals surface area contributed by atoms with Crippen LogP contribution in [-0.2, 0) is 16.6 Å². The zero-order chi connectivity index (χ0) is 15.6. The topological polar surface area (TPSA) is 111 Å². The molecule has 2 aromatic rings. The van der Waals surface area contributed by atoms with Gasteiger partial charge in [-0.15, -0.1) is 0 Å². The predicted molar refractivity (Wildman–Crippen MR) is 76.6 cm³/mol. The highest BCUT2D eigenvalue weighted by Crippen LogP contribution is 2.26. The lowest BCUT2D eigenvalue weighted by Gasteiger charge is -2.02. The first-order chi connectivity index (χ1) is 9.88. The third kappa shape index (κ3) is 3.56. The number of nitrogens with zero attached hydrogens (tertiary/aromatic N) is 1. The zero-order valence-corrected chi connectivity index (χ0v) is 12.7. The summed E-state index contributed by atoms with van der Waals surface area (Å²) in [5.41, 5.74) is 0.109. The molecule has 0 fully saturated rings. The van der Waals surface area contributed by atoms with Gasteiger partial charge in [0, 0.05) is 16.1 Å². The Hall–Kier alpha value is -2.00. The van der Waals surface area contributed by atoms with Crippen molar-refractivity contribution in [2.75, 3.05) is 0 Å². The second-order valence-electron chi connectivity index (χ2n) is 3.94. The molecule has 1 aromatic heterocycles. The van der Waals surface area contributed by atoms with E-state index < -0.39 is 21.7 Å². The molecule has 1 aromatic carbocycles. The molecule has 0 aliphatic heterocycles. The molecule has 0 saturated carbocycles. The van der Waals surface area contributed by atoms with Crippen LogP contribution in [0.25, 0.3) is 0 Å². The van der Waals surface area contributed by atoms with Crippen LogP contribution in [0.15, 0.2) is 44.3 Å². The van der Waals surface area contributed by atoms with Gasteiger partial charge in [0.2, 0.25) is 5.76 Å². The van der Waals surface area contributed by atoms with Crippen LogP contribution in [0.5, 0.6) is 0 Å². The summed E-state index contributed by atoms with van der Waals surface area (Å²) in [5.74, 6) is -1.74. The largest absolute Gasteiger partial charge is 0.475 e. The number of hydrogen-bond donors (Lipinski definition) is 1. The van der Waals surface area contributed by atoms with Crippen molar-refractivity contribution in [2.24, 2.45) is 0 Å². The van der Waals surface area contributed by atoms with Gasteiger partial charge in [0.1, 0.15) is 0 Å². The third-order valence-corrected chi connectivity index (χ3v) is 4.28. The summed E-state index contributed by atoms with van der Waals surface area (Å²) in [6.07, 6.45) is 0. The van der Waals surface area contributed by atoms with Gasteiger partial charge in [-0.2, -0.15) is 0 Å². The van der Waals surface area contributed by atoms with E-state index in [1.54, 1.807) is 6.07 Å². The molecule has 1 unspecified atom stereocenters. The minimum atomic E-state index is -1.71. The summed E-state index contributed by atoms with van der Waals surface area (Å²) in [6.45, 7) is 0. The molecule has 0 amide bonds. The normalized spacial score (nSPS) is 12.0. The Morgan fingerprint density at radius 2 is 2.10 bits per heavy atom. The first kappa shape index (κ1) is 15.4. The molecule has 0 spiro atoms. The lowest BCUT2D eigenvalue weighted by atomic mass is 10.2. The lowest BCUT2D eigenvalue weighted by Crippen LogP contribution is -2.00. The van der Waals surface area contributed by atoms with Gasteiger partial charge < -0.3 is 9.52 Å². The standard InChI is InChI=1S/C12H8BrNO6S/c13-8-2-1-7(9(5-8)14(17)18)6-21(19)11-4-3-10(20-11)12(15)16/h1-5H,6H2,(H,15,16). The number of hydrogen-bond acceptors (Lipinski definition) is 5. The minimum Gasteiger partial charge on any atom is -0.475 e. The number of benzene rings is 1. The van der Waals surface area contributed by atoms with Crippen LogP contribution in [0.3, 0.4) is 0 Å². The van der Waals surface area contributed by atoms with E-state index in [-0.39, 0.29) is 27.9 Å². The number of furan rings is 1. The second kappa shape index (κ2) is 6.19. The van der Waals surface area contributed by atoms with Crippen molar-refractivity contribution in [3.05, 3.63) is 56.2 Å². The average Bonchev–Trinajstić information content (AvgIpc) is 2.90. The van der Waals surface area contributed by atoms with Crippen LogP contribution >= 0.6 is 15.9 Å². The van der Waals surface area contributed by atoms with E-state index >= 15 is 0 Å². The van der Waals surface area contributed by atoms with Crippen LogP contribution in [0.1, 0.15) is 16.1 Å². The van der Waals surface area contributed by atoms with Gasteiger partial charge >= 0.3 is 5.97 Å². The van der Waals surface area contributed by atoms with Gasteiger partial charge in [0.15, 0.2) is 5.09 Å². The second-order valence-corrected chi connectivity index (χ2v) is 6.24. The molecule has 9 heteroatoms. The van der Waals surface area contributed by atoms with Crippen LogP contribution in [-0.4, -0.2) is 20.2 Å². The molecule has 0 bridgehead atoms. The Kier molecular flexibility index (Phi) is 4.53. The van der Waals surface area contributed by atoms with Gasteiger partial charge in [0.05, 0.1) is 21.5 Å². The summed E-state index contributed by atoms with van der Waals surface area (Å²) in [6, 6.07) is 6.87. The third-order valence-electron chi connectivity index (χ3n) is 2.55. The SMILES string of the molecule is O=C(O)c1ccc(S(=O)Cc2ccc(Br)cc2[N+](=O)[O-])o1. The molecule has 0 aliphatic carbocycles. The molecular weight excluding hydrogens is 366 g/mol. The molecular formula is C12H8BrNO6S. The van der Waals surface area contributed by atoms with E-state index in [9.17, 15) is 19.1 Å². The monoisotopic (exact) mass is 373 g/mol. The Morgan fingerprint density at radius 1 is 1.38 bits per heavy atom. The number of carboxylic acid groups (broad SMARTS) is 1. The molecule has 0 saturated heterocycles. The lowest BCUT2D eigenvalue weighted by molar-refractivity contribution is -0.385. The van der Waals surface area contributed by atoms with Crippen LogP contribution in [0.2, 0.25) is 0 Å². The van der Waals surface area contributed by atoms with E-state index in [0.717, 1.165) is 0 Å². The molecule has 2 rings (SSSR count). The number of carbonyl (C=O) groups is 1. The van der Waals surface area contributed by atoms with Crippen LogP contribution in [0.4, 0.5) is 5.69 Å². The number of rotatable bonds is 5. The number of aromatic carboxylic acids is 1. The number of carboxylic acids is 1. The summed E-state index contributed by atoms with van der Waals surface area (Å²) >= 11 is 3.13. The highest BCUT2D eigenvalue weighted by atomic mass is 79.9. The zero-order valence-electron chi connectivity index (χ0n) is 10.3. The van der Waals surface area contributed by atoms with E-state index in [0.29, 0.717) is 4.47 Å². The van der Waals surface area contributed by atoms with E-state index in [1.165, 1.54) is 24.3 Å². The van der Waals surface area contributed by atoms with Crippen molar-refractivity contribution >= 4 is 38.4 Å². The van der Waals surface area contributed by atoms with E-state index in [1.807, 2.05) is 0 Å². The maximum Gasteiger partial charge on any atom is 0.371 e. The minimum absolute atomic E-state index is 0.0374. The molecule has 110 valence electrons. The Balaban J connectivity index is 2.27. The summed E-state index contributed by atoms with van der Waals surface area (Å²) in [4.78, 5) is 21.1. The van der Waals surface area contributed by atoms with Gasteiger partial charge in [0.25, 0.3) is 5.69 Å². The number of nitro groups is 1. The first-order valence-corrected chi connectivity index (χ1v) is 7.64. The molecule has 0 radical (unpaired) electrons. The van der Waals surface area contributed by atoms with Gasteiger partial charge in [-0.25, -0.2) is 4.79 Å². The van der Waals surface area contributed by atoms with E-state index in [2.05, 4.69) is 15.9 Å². The maximum atomic E-state index is 12.1. The Bertz CT molecular complexity index is 741. The molecule has 7 nitrogen and oxygen atoms in total. The maximum absolute atomic E-state index is 12.1. The van der Waals surface area contributed by atoms with Crippen LogP contribution in [0, 0.1) is 10.1 Å². The number of halogens is 1. The predicted octanol–water partition coefficient (Wildman–Crippen LogP) is 2.96. The molecule has 0 aliphatic rings. The van der Waals surface area contributed by atoms with Crippen molar-refractivity contribution in [1.82, 2.24) is 0 Å². The Labute approximate surface area is 129 Å². The molecule has 1 N–H and O–H groups in total. The molecule has 1 heterocycles. The summed E-state index contributed by atoms with van der Waals surface area (Å²) < 4.78 is 17.6. The van der Waals surface area contributed by atoms with Crippen molar-refractivity contribution < 1.29 is 23.5 Å². The fourth-order valence-corrected chi connectivity index (χ4v) is 3.02. The fraction of sp³-hybridized carbons (Fsp3) is 0.0833. The summed E-state index contributed by atoms with van der Waals surface area (Å²) in [7, 11) is -1.71. The van der Waals surface area contributed by atoms with Crippen molar-refractivity contribution in [1.29, 1.82) is 0 Å². The van der Waals surface area contributed by atoms with Gasteiger partial charge in [-0.1, -0.05) is 22.0 Å². The smallest absolute Gasteiger partial charge is 0.371 e. The van der Waals surface area contributed by atoms with Gasteiger partial charge in [-0.05, 0) is 18.2 Å². The van der Waals surface area contributed by atoms with E-state index in [4.69, 9.17) is 9.52 Å².